The van der Waals surface area contributed by atoms with E-state index in [-0.39, 0.29) is 11.8 Å². The molecule has 0 amide bonds. The average Bonchev–Trinajstić information content (AvgIpc) is 3.36. The fourth-order valence-corrected chi connectivity index (χ4v) is 3.69. The summed E-state index contributed by atoms with van der Waals surface area (Å²) in [7, 11) is 1.70. The van der Waals surface area contributed by atoms with Crippen LogP contribution in [0.2, 0.25) is 0 Å². The molecular formula is C23H30N2O4. The van der Waals surface area contributed by atoms with Gasteiger partial charge in [0.05, 0.1) is 13.0 Å². The van der Waals surface area contributed by atoms with Crippen LogP contribution in [0.15, 0.2) is 42.5 Å². The van der Waals surface area contributed by atoms with Gasteiger partial charge in [-0.1, -0.05) is 25.1 Å². The van der Waals surface area contributed by atoms with Gasteiger partial charge in [-0.3, -0.25) is 4.79 Å². The highest BCUT2D eigenvalue weighted by Gasteiger charge is 2.51. The fraction of sp³-hybridized carbons (Fsp3) is 0.478. The molecule has 6 nitrogen and oxygen atoms in total. The van der Waals surface area contributed by atoms with E-state index in [9.17, 15) is 4.79 Å². The molecule has 2 aromatic rings. The van der Waals surface area contributed by atoms with E-state index < -0.39 is 5.97 Å². The molecule has 1 aliphatic rings. The van der Waals surface area contributed by atoms with E-state index in [1.165, 1.54) is 5.56 Å². The molecule has 2 atom stereocenters. The second-order valence-electron chi connectivity index (χ2n) is 7.94. The first-order valence-corrected chi connectivity index (χ1v) is 10.1. The number of carboxylic acids is 1. The third kappa shape index (κ3) is 6.19. The van der Waals surface area contributed by atoms with E-state index in [1.54, 1.807) is 7.11 Å². The number of aromatic nitrogens is 1. The van der Waals surface area contributed by atoms with Crippen LogP contribution in [0, 0.1) is 5.41 Å². The van der Waals surface area contributed by atoms with Crippen molar-refractivity contribution in [2.45, 2.75) is 38.5 Å². The predicted molar refractivity (Wildman–Crippen MR) is 113 cm³/mol. The van der Waals surface area contributed by atoms with E-state index in [0.29, 0.717) is 12.5 Å². The molecule has 0 aliphatic heterocycles. The van der Waals surface area contributed by atoms with Gasteiger partial charge in [0.15, 0.2) is 0 Å². The SMILES string of the molecule is COCCCNc1cccc(CCOc2ccc(C3CC3(C)CC(=O)O)cc2)n1. The van der Waals surface area contributed by atoms with Gasteiger partial charge in [-0.25, -0.2) is 4.98 Å². The molecule has 0 radical (unpaired) electrons. The second-order valence-corrected chi connectivity index (χ2v) is 7.94. The maximum atomic E-state index is 11.0. The minimum Gasteiger partial charge on any atom is -0.493 e. The van der Waals surface area contributed by atoms with Crippen molar-refractivity contribution < 1.29 is 19.4 Å². The lowest BCUT2D eigenvalue weighted by atomic mass is 9.98. The summed E-state index contributed by atoms with van der Waals surface area (Å²) in [6.45, 7) is 4.17. The summed E-state index contributed by atoms with van der Waals surface area (Å²) in [5.41, 5.74) is 2.07. The van der Waals surface area contributed by atoms with Crippen molar-refractivity contribution in [3.8, 4) is 5.75 Å². The van der Waals surface area contributed by atoms with Crippen LogP contribution in [0.1, 0.15) is 43.4 Å². The van der Waals surface area contributed by atoms with Crippen LogP contribution in [-0.2, 0) is 16.0 Å². The molecule has 1 fully saturated rings. The summed E-state index contributed by atoms with van der Waals surface area (Å²) in [4.78, 5) is 15.6. The fourth-order valence-electron chi connectivity index (χ4n) is 3.69. The van der Waals surface area contributed by atoms with Crippen molar-refractivity contribution in [3.63, 3.8) is 0 Å². The van der Waals surface area contributed by atoms with E-state index in [2.05, 4.69) is 22.4 Å². The monoisotopic (exact) mass is 398 g/mol. The molecule has 2 N–H and O–H groups in total. The van der Waals surface area contributed by atoms with Crippen LogP contribution < -0.4 is 10.1 Å². The summed E-state index contributed by atoms with van der Waals surface area (Å²) in [6, 6.07) is 14.0. The Hall–Kier alpha value is -2.60. The van der Waals surface area contributed by atoms with Crippen LogP contribution >= 0.6 is 0 Å². The van der Waals surface area contributed by atoms with Gasteiger partial charge in [0.25, 0.3) is 0 Å². The van der Waals surface area contributed by atoms with Gasteiger partial charge < -0.3 is 19.9 Å². The number of nitrogens with one attached hydrogen (secondary N) is 1. The Balaban J connectivity index is 1.43. The van der Waals surface area contributed by atoms with Crippen molar-refractivity contribution in [1.29, 1.82) is 0 Å². The number of carbonyl (C=O) groups is 1. The predicted octanol–water partition coefficient (Wildman–Crippen LogP) is 4.12. The Labute approximate surface area is 172 Å². The number of benzene rings is 1. The molecular weight excluding hydrogens is 368 g/mol. The number of hydrogen-bond acceptors (Lipinski definition) is 5. The van der Waals surface area contributed by atoms with Crippen LogP contribution in [0.4, 0.5) is 5.82 Å². The number of aliphatic carboxylic acids is 1. The number of carboxylic acid groups (broad SMARTS) is 1. The number of methoxy groups -OCH3 is 1. The molecule has 2 unspecified atom stereocenters. The first-order chi connectivity index (χ1) is 14.0. The summed E-state index contributed by atoms with van der Waals surface area (Å²) < 4.78 is 10.9. The van der Waals surface area contributed by atoms with Crippen molar-refractivity contribution >= 4 is 11.8 Å². The lowest BCUT2D eigenvalue weighted by Gasteiger charge is -2.10. The number of hydrogen-bond donors (Lipinski definition) is 2. The largest absolute Gasteiger partial charge is 0.493 e. The molecule has 29 heavy (non-hydrogen) atoms. The first-order valence-electron chi connectivity index (χ1n) is 10.1. The van der Waals surface area contributed by atoms with Crippen LogP contribution in [0.25, 0.3) is 0 Å². The van der Waals surface area contributed by atoms with E-state index in [0.717, 1.165) is 49.7 Å². The summed E-state index contributed by atoms with van der Waals surface area (Å²) in [5, 5.41) is 12.3. The zero-order valence-electron chi connectivity index (χ0n) is 17.2. The summed E-state index contributed by atoms with van der Waals surface area (Å²) in [5.74, 6) is 1.30. The van der Waals surface area contributed by atoms with E-state index in [4.69, 9.17) is 14.6 Å². The molecule has 156 valence electrons. The maximum Gasteiger partial charge on any atom is 0.303 e. The van der Waals surface area contributed by atoms with Crippen molar-refractivity contribution in [2.75, 3.05) is 32.2 Å². The lowest BCUT2D eigenvalue weighted by Crippen LogP contribution is -2.08. The van der Waals surface area contributed by atoms with Gasteiger partial charge >= 0.3 is 5.97 Å². The molecule has 0 bridgehead atoms. The normalized spacial score (nSPS) is 20.3. The summed E-state index contributed by atoms with van der Waals surface area (Å²) in [6.07, 6.45) is 2.83. The van der Waals surface area contributed by atoms with Gasteiger partial charge in [0.1, 0.15) is 11.6 Å². The average molecular weight is 399 g/mol. The zero-order chi connectivity index (χ0) is 20.7. The Morgan fingerprint density at radius 1 is 1.24 bits per heavy atom. The number of rotatable bonds is 12. The number of anilines is 1. The Bertz CT molecular complexity index is 809. The lowest BCUT2D eigenvalue weighted by molar-refractivity contribution is -0.138. The summed E-state index contributed by atoms with van der Waals surface area (Å²) >= 11 is 0. The second kappa shape index (κ2) is 9.74. The van der Waals surface area contributed by atoms with Gasteiger partial charge in [0.2, 0.25) is 0 Å². The van der Waals surface area contributed by atoms with Crippen molar-refractivity contribution in [1.82, 2.24) is 4.98 Å². The van der Waals surface area contributed by atoms with Gasteiger partial charge in [0, 0.05) is 32.4 Å². The Morgan fingerprint density at radius 3 is 2.76 bits per heavy atom. The molecule has 0 spiro atoms. The molecule has 0 saturated heterocycles. The molecule has 1 saturated carbocycles. The first kappa shape index (κ1) is 21.1. The van der Waals surface area contributed by atoms with Crippen LogP contribution in [0.3, 0.4) is 0 Å². The minimum absolute atomic E-state index is 0.109. The van der Waals surface area contributed by atoms with Gasteiger partial charge in [-0.15, -0.1) is 0 Å². The van der Waals surface area contributed by atoms with Crippen LogP contribution in [-0.4, -0.2) is 42.9 Å². The van der Waals surface area contributed by atoms with Crippen molar-refractivity contribution in [2.24, 2.45) is 5.41 Å². The van der Waals surface area contributed by atoms with E-state index in [1.807, 2.05) is 37.3 Å². The highest BCUT2D eigenvalue weighted by atomic mass is 16.5. The molecule has 3 rings (SSSR count). The standard InChI is InChI=1S/C23H30N2O4/c1-23(16-22(26)27)15-20(23)17-7-9-19(10-8-17)29-14-11-18-5-3-6-21(25-18)24-12-4-13-28-2/h3,5-10,20H,4,11-16H2,1-2H3,(H,24,25)(H,26,27). The zero-order valence-corrected chi connectivity index (χ0v) is 17.2. The van der Waals surface area contributed by atoms with Gasteiger partial charge in [-0.05, 0) is 54.0 Å². The molecule has 1 aliphatic carbocycles. The van der Waals surface area contributed by atoms with Crippen LogP contribution in [0.5, 0.6) is 5.75 Å². The maximum absolute atomic E-state index is 11.0. The topological polar surface area (TPSA) is 80.7 Å². The number of pyridine rings is 1. The molecule has 6 heteroatoms. The van der Waals surface area contributed by atoms with Crippen molar-refractivity contribution in [3.05, 3.63) is 53.7 Å². The van der Waals surface area contributed by atoms with Gasteiger partial charge in [-0.2, -0.15) is 0 Å². The third-order valence-electron chi connectivity index (χ3n) is 5.45. The Morgan fingerprint density at radius 2 is 2.03 bits per heavy atom. The smallest absolute Gasteiger partial charge is 0.303 e. The quantitative estimate of drug-likeness (QED) is 0.524. The minimum atomic E-state index is -0.724. The number of ether oxygens (including phenoxy) is 2. The highest BCUT2D eigenvalue weighted by Crippen LogP contribution is 2.61. The third-order valence-corrected chi connectivity index (χ3v) is 5.45. The number of nitrogens with zero attached hydrogens (tertiary/aromatic N) is 1. The Kier molecular flexibility index (Phi) is 7.09. The molecule has 1 aromatic heterocycles. The van der Waals surface area contributed by atoms with E-state index >= 15 is 0 Å². The highest BCUT2D eigenvalue weighted by molar-refractivity contribution is 5.68. The molecule has 1 heterocycles. The molecule has 1 aromatic carbocycles.